The molecule has 1 aliphatic heterocycles. The third kappa shape index (κ3) is 3.95. The number of benzene rings is 1. The SMILES string of the molecule is CCN(CC)C(=O)COc1ccc2c(-c3c(-c4ccccn4)nn4c3CCC4)ccnc2c1. The number of carbonyl (C=O) groups excluding carboxylic acids is 1. The van der Waals surface area contributed by atoms with Gasteiger partial charge in [-0.05, 0) is 62.6 Å². The molecule has 0 bridgehead atoms. The summed E-state index contributed by atoms with van der Waals surface area (Å²) in [5, 5.41) is 5.94. The van der Waals surface area contributed by atoms with E-state index in [1.165, 1.54) is 5.69 Å². The fourth-order valence-electron chi connectivity index (χ4n) is 4.55. The summed E-state index contributed by atoms with van der Waals surface area (Å²) >= 11 is 0. The molecule has 7 heteroatoms. The van der Waals surface area contributed by atoms with E-state index in [-0.39, 0.29) is 12.5 Å². The number of pyridine rings is 2. The summed E-state index contributed by atoms with van der Waals surface area (Å²) in [6.45, 7) is 6.24. The first-order valence-electron chi connectivity index (χ1n) is 11.5. The van der Waals surface area contributed by atoms with E-state index in [4.69, 9.17) is 9.84 Å². The molecule has 4 heterocycles. The molecule has 0 atom stereocenters. The second-order valence-corrected chi connectivity index (χ2v) is 8.10. The number of hydrogen-bond donors (Lipinski definition) is 0. The fraction of sp³-hybridized carbons (Fsp3) is 0.308. The van der Waals surface area contributed by atoms with Crippen molar-refractivity contribution in [3.63, 3.8) is 0 Å². The minimum atomic E-state index is -0.0164. The molecule has 33 heavy (non-hydrogen) atoms. The number of hydrogen-bond acceptors (Lipinski definition) is 5. The fourth-order valence-corrected chi connectivity index (χ4v) is 4.55. The molecule has 168 valence electrons. The summed E-state index contributed by atoms with van der Waals surface area (Å²) in [5.74, 6) is 0.620. The molecule has 4 aromatic rings. The average Bonchev–Trinajstić information content (AvgIpc) is 3.45. The van der Waals surface area contributed by atoms with Crippen LogP contribution >= 0.6 is 0 Å². The summed E-state index contributed by atoms with van der Waals surface area (Å²) in [5.41, 5.74) is 6.06. The van der Waals surface area contributed by atoms with Crippen molar-refractivity contribution in [2.24, 2.45) is 0 Å². The Hall–Kier alpha value is -3.74. The molecule has 0 saturated carbocycles. The molecule has 1 aliphatic rings. The summed E-state index contributed by atoms with van der Waals surface area (Å²) in [6, 6.07) is 13.8. The molecule has 0 radical (unpaired) electrons. The maximum absolute atomic E-state index is 12.3. The third-order valence-corrected chi connectivity index (χ3v) is 6.21. The number of aryl methyl sites for hydroxylation is 1. The van der Waals surface area contributed by atoms with Crippen LogP contribution in [-0.4, -0.2) is 50.3 Å². The molecule has 0 spiro atoms. The van der Waals surface area contributed by atoms with Crippen molar-refractivity contribution in [3.05, 3.63) is 60.6 Å². The highest BCUT2D eigenvalue weighted by Crippen LogP contribution is 2.40. The van der Waals surface area contributed by atoms with Gasteiger partial charge in [-0.25, -0.2) is 0 Å². The summed E-state index contributed by atoms with van der Waals surface area (Å²) in [6.07, 6.45) is 5.72. The van der Waals surface area contributed by atoms with E-state index < -0.39 is 0 Å². The topological polar surface area (TPSA) is 73.1 Å². The Kier molecular flexibility index (Phi) is 5.77. The largest absolute Gasteiger partial charge is 0.484 e. The summed E-state index contributed by atoms with van der Waals surface area (Å²) in [7, 11) is 0. The predicted octanol–water partition coefficient (Wildman–Crippen LogP) is 4.35. The minimum absolute atomic E-state index is 0.0164. The van der Waals surface area contributed by atoms with Gasteiger partial charge in [0.25, 0.3) is 5.91 Å². The van der Waals surface area contributed by atoms with Crippen molar-refractivity contribution in [2.75, 3.05) is 19.7 Å². The van der Waals surface area contributed by atoms with Crippen molar-refractivity contribution in [1.82, 2.24) is 24.6 Å². The van der Waals surface area contributed by atoms with Crippen LogP contribution in [0, 0.1) is 0 Å². The Morgan fingerprint density at radius 1 is 1.09 bits per heavy atom. The number of ether oxygens (including phenoxy) is 1. The molecule has 1 aromatic carbocycles. The van der Waals surface area contributed by atoms with Crippen molar-refractivity contribution in [3.8, 4) is 28.3 Å². The van der Waals surface area contributed by atoms with E-state index in [0.717, 1.165) is 52.8 Å². The first kappa shape index (κ1) is 21.1. The third-order valence-electron chi connectivity index (χ3n) is 6.21. The first-order chi connectivity index (χ1) is 16.2. The lowest BCUT2D eigenvalue weighted by molar-refractivity contribution is -0.132. The number of fused-ring (bicyclic) bond motifs is 2. The number of aromatic nitrogens is 4. The van der Waals surface area contributed by atoms with Crippen LogP contribution < -0.4 is 4.74 Å². The van der Waals surface area contributed by atoms with E-state index in [0.29, 0.717) is 18.8 Å². The number of amides is 1. The zero-order chi connectivity index (χ0) is 22.8. The summed E-state index contributed by atoms with van der Waals surface area (Å²) in [4.78, 5) is 23.2. The highest BCUT2D eigenvalue weighted by Gasteiger charge is 2.25. The molecule has 0 fully saturated rings. The number of carbonyl (C=O) groups is 1. The monoisotopic (exact) mass is 441 g/mol. The molecule has 0 saturated heterocycles. The Labute approximate surface area is 193 Å². The Balaban J connectivity index is 1.53. The van der Waals surface area contributed by atoms with Crippen LogP contribution in [0.4, 0.5) is 0 Å². The first-order valence-corrected chi connectivity index (χ1v) is 11.5. The zero-order valence-corrected chi connectivity index (χ0v) is 19.0. The Morgan fingerprint density at radius 2 is 1.97 bits per heavy atom. The van der Waals surface area contributed by atoms with Gasteiger partial charge >= 0.3 is 0 Å². The highest BCUT2D eigenvalue weighted by molar-refractivity contribution is 5.99. The van der Waals surface area contributed by atoms with Gasteiger partial charge in [0, 0.05) is 54.7 Å². The van der Waals surface area contributed by atoms with Crippen LogP contribution in [0.15, 0.2) is 54.9 Å². The van der Waals surface area contributed by atoms with Crippen LogP contribution in [-0.2, 0) is 17.8 Å². The van der Waals surface area contributed by atoms with E-state index in [2.05, 4.69) is 20.7 Å². The van der Waals surface area contributed by atoms with Crippen molar-refractivity contribution in [2.45, 2.75) is 33.2 Å². The van der Waals surface area contributed by atoms with Gasteiger partial charge in [-0.15, -0.1) is 0 Å². The van der Waals surface area contributed by atoms with Crippen LogP contribution in [0.3, 0.4) is 0 Å². The minimum Gasteiger partial charge on any atom is -0.484 e. The van der Waals surface area contributed by atoms with Gasteiger partial charge in [-0.1, -0.05) is 6.07 Å². The quantitative estimate of drug-likeness (QED) is 0.426. The highest BCUT2D eigenvalue weighted by atomic mass is 16.5. The Morgan fingerprint density at radius 3 is 2.76 bits per heavy atom. The molecule has 5 rings (SSSR count). The molecular weight excluding hydrogens is 414 g/mol. The van der Waals surface area contributed by atoms with Gasteiger partial charge in [0.05, 0.1) is 11.2 Å². The van der Waals surface area contributed by atoms with Gasteiger partial charge in [-0.2, -0.15) is 5.10 Å². The predicted molar refractivity (Wildman–Crippen MR) is 128 cm³/mol. The van der Waals surface area contributed by atoms with Crippen molar-refractivity contribution >= 4 is 16.8 Å². The molecule has 0 aliphatic carbocycles. The van der Waals surface area contributed by atoms with E-state index >= 15 is 0 Å². The molecule has 0 N–H and O–H groups in total. The lowest BCUT2D eigenvalue weighted by atomic mass is 9.96. The second kappa shape index (κ2) is 9.02. The van der Waals surface area contributed by atoms with E-state index in [1.54, 1.807) is 11.1 Å². The molecule has 7 nitrogen and oxygen atoms in total. The van der Waals surface area contributed by atoms with Gasteiger partial charge in [0.1, 0.15) is 11.4 Å². The van der Waals surface area contributed by atoms with Gasteiger partial charge in [-0.3, -0.25) is 19.4 Å². The number of rotatable bonds is 7. The molecule has 3 aromatic heterocycles. The van der Waals surface area contributed by atoms with Gasteiger partial charge in [0.15, 0.2) is 6.61 Å². The molecule has 0 unspecified atom stereocenters. The van der Waals surface area contributed by atoms with E-state index in [1.807, 2.05) is 56.4 Å². The van der Waals surface area contributed by atoms with Crippen LogP contribution in [0.5, 0.6) is 5.75 Å². The standard InChI is InChI=1S/C26H27N5O2/c1-3-30(4-2)24(32)17-33-18-10-11-19-20(12-14-28-22(19)16-18)25-23-9-7-15-31(23)29-26(25)21-8-5-6-13-27-21/h5-6,8,10-14,16H,3-4,7,9,15,17H2,1-2H3. The van der Waals surface area contributed by atoms with Gasteiger partial charge < -0.3 is 9.64 Å². The summed E-state index contributed by atoms with van der Waals surface area (Å²) < 4.78 is 7.91. The second-order valence-electron chi connectivity index (χ2n) is 8.10. The van der Waals surface area contributed by atoms with Crippen LogP contribution in [0.2, 0.25) is 0 Å². The lowest BCUT2D eigenvalue weighted by Crippen LogP contribution is -2.34. The average molecular weight is 442 g/mol. The number of nitrogens with zero attached hydrogens (tertiary/aromatic N) is 5. The van der Waals surface area contributed by atoms with Crippen LogP contribution in [0.25, 0.3) is 33.4 Å². The van der Waals surface area contributed by atoms with Crippen molar-refractivity contribution < 1.29 is 9.53 Å². The lowest BCUT2D eigenvalue weighted by Gasteiger charge is -2.18. The zero-order valence-electron chi connectivity index (χ0n) is 19.0. The van der Waals surface area contributed by atoms with Crippen molar-refractivity contribution in [1.29, 1.82) is 0 Å². The maximum atomic E-state index is 12.3. The van der Waals surface area contributed by atoms with E-state index in [9.17, 15) is 4.79 Å². The van der Waals surface area contributed by atoms with Crippen LogP contribution in [0.1, 0.15) is 26.0 Å². The maximum Gasteiger partial charge on any atom is 0.260 e. The smallest absolute Gasteiger partial charge is 0.260 e. The van der Waals surface area contributed by atoms with Gasteiger partial charge in [0.2, 0.25) is 0 Å². The molecule has 1 amide bonds. The normalized spacial score (nSPS) is 12.7. The number of likely N-dealkylation sites (N-methyl/N-ethyl adjacent to an activating group) is 1. The molecular formula is C26H27N5O2. The Bertz CT molecular complexity index is 1300.